The van der Waals surface area contributed by atoms with Crippen LogP contribution < -0.4 is 5.32 Å². The number of benzene rings is 1. The topological polar surface area (TPSA) is 46.9 Å². The second-order valence-electron chi connectivity index (χ2n) is 5.30. The highest BCUT2D eigenvalue weighted by molar-refractivity contribution is 6.03. The molecule has 106 valence electrons. The highest BCUT2D eigenvalue weighted by atomic mass is 16.1. The van der Waals surface area contributed by atoms with Gasteiger partial charge in [0.15, 0.2) is 0 Å². The fraction of sp³-hybridized carbons (Fsp3) is 0.375. The van der Waals surface area contributed by atoms with Crippen molar-refractivity contribution in [2.75, 3.05) is 5.32 Å². The highest BCUT2D eigenvalue weighted by Gasteiger charge is 2.10. The molecule has 0 aliphatic carbocycles. The molecule has 0 fully saturated rings. The molecule has 0 spiro atoms. The number of rotatable bonds is 5. The Bertz CT molecular complexity index is 570. The van der Waals surface area contributed by atoms with Crippen molar-refractivity contribution in [3.05, 3.63) is 47.7 Å². The minimum Gasteiger partial charge on any atom is -0.307 e. The molecule has 1 aromatic heterocycles. The summed E-state index contributed by atoms with van der Waals surface area (Å²) in [6, 6.07) is 9.51. The maximum atomic E-state index is 12.2. The first-order valence-corrected chi connectivity index (χ1v) is 7.02. The Morgan fingerprint density at radius 1 is 1.25 bits per heavy atom. The van der Waals surface area contributed by atoms with Gasteiger partial charge in [0.05, 0.1) is 6.20 Å². The predicted molar refractivity (Wildman–Crippen MR) is 80.8 cm³/mol. The van der Waals surface area contributed by atoms with Crippen molar-refractivity contribution in [3.8, 4) is 0 Å². The molecule has 0 radical (unpaired) electrons. The molecule has 1 N–H and O–H groups in total. The quantitative estimate of drug-likeness (QED) is 0.906. The summed E-state index contributed by atoms with van der Waals surface area (Å²) in [4.78, 5) is 12.2. The second-order valence-corrected chi connectivity index (χ2v) is 5.30. The van der Waals surface area contributed by atoms with Gasteiger partial charge in [-0.05, 0) is 30.0 Å². The molecule has 20 heavy (non-hydrogen) atoms. The number of anilines is 1. The van der Waals surface area contributed by atoms with E-state index in [2.05, 4.69) is 31.2 Å². The molecule has 0 bridgehead atoms. The number of hydrogen-bond acceptors (Lipinski definition) is 2. The van der Waals surface area contributed by atoms with Gasteiger partial charge in [-0.25, -0.2) is 4.68 Å². The fourth-order valence-electron chi connectivity index (χ4n) is 2.01. The second kappa shape index (κ2) is 6.37. The van der Waals surface area contributed by atoms with Crippen LogP contribution in [0.15, 0.2) is 36.5 Å². The molecule has 4 heteroatoms. The Kier molecular flexibility index (Phi) is 4.56. The number of carbonyl (C=O) groups excluding carboxylic acids is 1. The highest BCUT2D eigenvalue weighted by Crippen LogP contribution is 2.12. The molecule has 1 heterocycles. The van der Waals surface area contributed by atoms with Crippen LogP contribution in [0.2, 0.25) is 0 Å². The van der Waals surface area contributed by atoms with Crippen molar-refractivity contribution in [2.45, 2.75) is 33.7 Å². The fourth-order valence-corrected chi connectivity index (χ4v) is 2.01. The van der Waals surface area contributed by atoms with Gasteiger partial charge in [0.1, 0.15) is 5.82 Å². The molecule has 0 aliphatic heterocycles. The summed E-state index contributed by atoms with van der Waals surface area (Å²) in [5.74, 6) is 1.12. The van der Waals surface area contributed by atoms with Crippen molar-refractivity contribution >= 4 is 11.7 Å². The maximum Gasteiger partial charge on any atom is 0.256 e. The van der Waals surface area contributed by atoms with E-state index in [1.54, 1.807) is 6.20 Å². The van der Waals surface area contributed by atoms with Gasteiger partial charge >= 0.3 is 0 Å². The number of amides is 1. The summed E-state index contributed by atoms with van der Waals surface area (Å²) < 4.78 is 1.82. The van der Waals surface area contributed by atoms with E-state index >= 15 is 0 Å². The van der Waals surface area contributed by atoms with Crippen molar-refractivity contribution in [3.63, 3.8) is 0 Å². The third-order valence-corrected chi connectivity index (χ3v) is 3.12. The number of hydrogen-bond donors (Lipinski definition) is 1. The largest absolute Gasteiger partial charge is 0.307 e. The molecule has 0 atom stereocenters. The van der Waals surface area contributed by atoms with E-state index in [4.69, 9.17) is 0 Å². The molecule has 2 aromatic rings. The Labute approximate surface area is 119 Å². The SMILES string of the molecule is CCc1ccc(C(=O)Nc2ccnn2CC(C)C)cc1. The van der Waals surface area contributed by atoms with Crippen LogP contribution in [0.3, 0.4) is 0 Å². The minimum atomic E-state index is -0.0989. The van der Waals surface area contributed by atoms with Crippen LogP contribution in [0.25, 0.3) is 0 Å². The lowest BCUT2D eigenvalue weighted by molar-refractivity contribution is 0.102. The molecule has 0 aliphatic rings. The van der Waals surface area contributed by atoms with Gasteiger partial charge in [-0.2, -0.15) is 5.10 Å². The molecule has 1 amide bonds. The molecular formula is C16H21N3O. The lowest BCUT2D eigenvalue weighted by Crippen LogP contribution is -2.17. The van der Waals surface area contributed by atoms with Crippen molar-refractivity contribution < 1.29 is 4.79 Å². The zero-order valence-corrected chi connectivity index (χ0v) is 12.3. The third kappa shape index (κ3) is 3.47. The summed E-state index contributed by atoms with van der Waals surface area (Å²) in [7, 11) is 0. The van der Waals surface area contributed by atoms with Gasteiger partial charge in [-0.15, -0.1) is 0 Å². The van der Waals surface area contributed by atoms with Crippen LogP contribution in [-0.2, 0) is 13.0 Å². The normalized spacial score (nSPS) is 10.8. The summed E-state index contributed by atoms with van der Waals surface area (Å²) in [6.45, 7) is 7.13. The number of nitrogens with zero attached hydrogens (tertiary/aromatic N) is 2. The monoisotopic (exact) mass is 271 g/mol. The summed E-state index contributed by atoms with van der Waals surface area (Å²) in [5.41, 5.74) is 1.89. The standard InChI is InChI=1S/C16H21N3O/c1-4-13-5-7-14(8-6-13)16(20)18-15-9-10-17-19(15)11-12(2)3/h5-10,12H,4,11H2,1-3H3,(H,18,20). The van der Waals surface area contributed by atoms with E-state index in [9.17, 15) is 4.79 Å². The number of aryl methyl sites for hydroxylation is 1. The van der Waals surface area contributed by atoms with Crippen molar-refractivity contribution in [1.82, 2.24) is 9.78 Å². The molecule has 0 saturated heterocycles. The Hall–Kier alpha value is -2.10. The minimum absolute atomic E-state index is 0.0989. The van der Waals surface area contributed by atoms with Crippen LogP contribution in [0.5, 0.6) is 0 Å². The van der Waals surface area contributed by atoms with Crippen LogP contribution in [0.4, 0.5) is 5.82 Å². The van der Waals surface area contributed by atoms with E-state index < -0.39 is 0 Å². The number of nitrogens with one attached hydrogen (secondary N) is 1. The Balaban J connectivity index is 2.09. The molecule has 1 aromatic carbocycles. The van der Waals surface area contributed by atoms with Gasteiger partial charge in [-0.3, -0.25) is 4.79 Å². The Morgan fingerprint density at radius 2 is 1.95 bits per heavy atom. The lowest BCUT2D eigenvalue weighted by atomic mass is 10.1. The van der Waals surface area contributed by atoms with Gasteiger partial charge in [-0.1, -0.05) is 32.9 Å². The van der Waals surface area contributed by atoms with E-state index in [1.807, 2.05) is 35.0 Å². The third-order valence-electron chi connectivity index (χ3n) is 3.12. The molecule has 2 rings (SSSR count). The first kappa shape index (κ1) is 14.3. The van der Waals surface area contributed by atoms with E-state index in [-0.39, 0.29) is 5.91 Å². The molecule has 4 nitrogen and oxygen atoms in total. The van der Waals surface area contributed by atoms with Gasteiger partial charge in [0.25, 0.3) is 5.91 Å². The summed E-state index contributed by atoms with van der Waals surface area (Å²) in [5, 5.41) is 7.14. The average Bonchev–Trinajstić information content (AvgIpc) is 2.85. The van der Waals surface area contributed by atoms with Crippen LogP contribution in [-0.4, -0.2) is 15.7 Å². The summed E-state index contributed by atoms with van der Waals surface area (Å²) in [6.07, 6.45) is 2.68. The zero-order valence-electron chi connectivity index (χ0n) is 12.3. The van der Waals surface area contributed by atoms with Crippen LogP contribution in [0.1, 0.15) is 36.7 Å². The predicted octanol–water partition coefficient (Wildman–Crippen LogP) is 3.35. The zero-order chi connectivity index (χ0) is 14.5. The average molecular weight is 271 g/mol. The van der Waals surface area contributed by atoms with Gasteiger partial charge < -0.3 is 5.32 Å². The van der Waals surface area contributed by atoms with Crippen molar-refractivity contribution in [2.24, 2.45) is 5.92 Å². The van der Waals surface area contributed by atoms with E-state index in [1.165, 1.54) is 5.56 Å². The van der Waals surface area contributed by atoms with Crippen LogP contribution in [0, 0.1) is 5.92 Å². The van der Waals surface area contributed by atoms with Crippen molar-refractivity contribution in [1.29, 1.82) is 0 Å². The molecule has 0 saturated carbocycles. The summed E-state index contributed by atoms with van der Waals surface area (Å²) >= 11 is 0. The molecular weight excluding hydrogens is 250 g/mol. The first-order chi connectivity index (χ1) is 9.60. The number of carbonyl (C=O) groups is 1. The van der Waals surface area contributed by atoms with E-state index in [0.29, 0.717) is 11.5 Å². The van der Waals surface area contributed by atoms with Gasteiger partial charge in [0, 0.05) is 18.2 Å². The lowest BCUT2D eigenvalue weighted by Gasteiger charge is -2.11. The molecule has 0 unspecified atom stereocenters. The smallest absolute Gasteiger partial charge is 0.256 e. The van der Waals surface area contributed by atoms with Gasteiger partial charge in [0.2, 0.25) is 0 Å². The van der Waals surface area contributed by atoms with E-state index in [0.717, 1.165) is 18.8 Å². The Morgan fingerprint density at radius 3 is 2.55 bits per heavy atom. The van der Waals surface area contributed by atoms with Crippen LogP contribution >= 0.6 is 0 Å². The maximum absolute atomic E-state index is 12.2. The first-order valence-electron chi connectivity index (χ1n) is 7.02. The number of aromatic nitrogens is 2.